The predicted molar refractivity (Wildman–Crippen MR) is 88.3 cm³/mol. The average molecular weight is 350 g/mol. The lowest BCUT2D eigenvalue weighted by Crippen LogP contribution is -2.24. The molecule has 0 saturated heterocycles. The number of aromatic nitrogens is 3. The summed E-state index contributed by atoms with van der Waals surface area (Å²) in [7, 11) is 1.50. The van der Waals surface area contributed by atoms with Crippen molar-refractivity contribution in [2.24, 2.45) is 0 Å². The molecule has 8 nitrogen and oxygen atoms in total. The third kappa shape index (κ3) is 3.05. The Labute approximate surface area is 143 Å². The van der Waals surface area contributed by atoms with Crippen LogP contribution < -0.4 is 15.4 Å². The van der Waals surface area contributed by atoms with Crippen molar-refractivity contribution >= 4 is 35.1 Å². The Morgan fingerprint density at radius 3 is 3.00 bits per heavy atom. The van der Waals surface area contributed by atoms with Crippen molar-refractivity contribution in [3.05, 3.63) is 29.0 Å². The number of ether oxygens (including phenoxy) is 1. The standard InChI is InChI=1S/C15H16ClN5O3/c1-3-12-18-15-19-14(23)10(21(15)20-12)7-13(22)17-9-6-8(16)4-5-11(9)24-2/h4-6,10H,3,7H2,1-2H3,(H,17,22)(H,18,19,20,23). The van der Waals surface area contributed by atoms with Gasteiger partial charge in [-0.15, -0.1) is 0 Å². The Morgan fingerprint density at radius 1 is 1.50 bits per heavy atom. The number of nitrogens with zero attached hydrogens (tertiary/aromatic N) is 3. The van der Waals surface area contributed by atoms with Gasteiger partial charge in [0.1, 0.15) is 11.8 Å². The summed E-state index contributed by atoms with van der Waals surface area (Å²) in [4.78, 5) is 28.5. The van der Waals surface area contributed by atoms with Gasteiger partial charge in [0.05, 0.1) is 19.2 Å². The van der Waals surface area contributed by atoms with Crippen LogP contribution in [0.2, 0.25) is 5.02 Å². The SMILES string of the molecule is CCc1nc2n(n1)C(CC(=O)Nc1cc(Cl)ccc1OC)C(=O)N2. The summed E-state index contributed by atoms with van der Waals surface area (Å²) in [5, 5.41) is 10.1. The minimum absolute atomic E-state index is 0.0684. The topological polar surface area (TPSA) is 98.1 Å². The molecule has 2 amide bonds. The molecule has 0 saturated carbocycles. The number of anilines is 2. The maximum Gasteiger partial charge on any atom is 0.252 e. The van der Waals surface area contributed by atoms with Crippen LogP contribution in [0.4, 0.5) is 11.6 Å². The highest BCUT2D eigenvalue weighted by atomic mass is 35.5. The van der Waals surface area contributed by atoms with Crippen molar-refractivity contribution in [1.82, 2.24) is 14.8 Å². The predicted octanol–water partition coefficient (Wildman–Crippen LogP) is 2.02. The minimum atomic E-state index is -0.724. The van der Waals surface area contributed by atoms with E-state index >= 15 is 0 Å². The van der Waals surface area contributed by atoms with Crippen LogP contribution in [-0.2, 0) is 16.0 Å². The normalized spacial score (nSPS) is 15.8. The number of aryl methyl sites for hydroxylation is 1. The van der Waals surface area contributed by atoms with E-state index in [0.717, 1.165) is 0 Å². The number of hydrogen-bond acceptors (Lipinski definition) is 5. The third-order valence-corrected chi connectivity index (χ3v) is 3.87. The van der Waals surface area contributed by atoms with Gasteiger partial charge in [-0.05, 0) is 18.2 Å². The van der Waals surface area contributed by atoms with Crippen molar-refractivity contribution in [3.63, 3.8) is 0 Å². The molecule has 3 rings (SSSR count). The third-order valence-electron chi connectivity index (χ3n) is 3.64. The molecule has 1 aliphatic rings. The molecule has 2 N–H and O–H groups in total. The number of methoxy groups -OCH3 is 1. The molecule has 0 fully saturated rings. The number of benzene rings is 1. The molecule has 126 valence electrons. The van der Waals surface area contributed by atoms with Gasteiger partial charge in [-0.3, -0.25) is 14.9 Å². The van der Waals surface area contributed by atoms with Gasteiger partial charge >= 0.3 is 0 Å². The number of hydrogen-bond donors (Lipinski definition) is 2. The molecule has 1 atom stereocenters. The van der Waals surface area contributed by atoms with Gasteiger partial charge in [0, 0.05) is 11.4 Å². The second-order valence-corrected chi connectivity index (χ2v) is 5.69. The van der Waals surface area contributed by atoms with Crippen molar-refractivity contribution in [3.8, 4) is 5.75 Å². The molecular formula is C15H16ClN5O3. The van der Waals surface area contributed by atoms with Crippen LogP contribution in [0.1, 0.15) is 25.2 Å². The number of fused-ring (bicyclic) bond motifs is 1. The molecule has 9 heteroatoms. The largest absolute Gasteiger partial charge is 0.495 e. The average Bonchev–Trinajstić information content (AvgIpc) is 3.06. The van der Waals surface area contributed by atoms with Crippen LogP contribution in [0, 0.1) is 0 Å². The van der Waals surface area contributed by atoms with Crippen molar-refractivity contribution in [1.29, 1.82) is 0 Å². The fourth-order valence-electron chi connectivity index (χ4n) is 2.46. The lowest BCUT2D eigenvalue weighted by atomic mass is 10.2. The van der Waals surface area contributed by atoms with Crippen LogP contribution in [-0.4, -0.2) is 33.7 Å². The Bertz CT molecular complexity index is 804. The monoisotopic (exact) mass is 349 g/mol. The Balaban J connectivity index is 1.75. The van der Waals surface area contributed by atoms with E-state index in [4.69, 9.17) is 16.3 Å². The Morgan fingerprint density at radius 2 is 2.29 bits per heavy atom. The highest BCUT2D eigenvalue weighted by Crippen LogP contribution is 2.29. The molecule has 0 aliphatic carbocycles. The molecule has 0 radical (unpaired) electrons. The van der Waals surface area contributed by atoms with Crippen molar-refractivity contribution < 1.29 is 14.3 Å². The number of carbonyl (C=O) groups excluding carboxylic acids is 2. The first-order chi connectivity index (χ1) is 11.5. The number of halogens is 1. The highest BCUT2D eigenvalue weighted by molar-refractivity contribution is 6.31. The minimum Gasteiger partial charge on any atom is -0.495 e. The second-order valence-electron chi connectivity index (χ2n) is 5.25. The summed E-state index contributed by atoms with van der Waals surface area (Å²) in [6.45, 7) is 1.92. The Kier molecular flexibility index (Phi) is 4.39. The number of carbonyl (C=O) groups is 2. The van der Waals surface area contributed by atoms with E-state index in [-0.39, 0.29) is 18.2 Å². The Hall–Kier alpha value is -2.61. The zero-order valence-electron chi connectivity index (χ0n) is 13.2. The quantitative estimate of drug-likeness (QED) is 0.860. The van der Waals surface area contributed by atoms with Gasteiger partial charge < -0.3 is 10.1 Å². The maximum atomic E-state index is 12.3. The van der Waals surface area contributed by atoms with Crippen LogP contribution in [0.3, 0.4) is 0 Å². The van der Waals surface area contributed by atoms with E-state index in [9.17, 15) is 9.59 Å². The van der Waals surface area contributed by atoms with Gasteiger partial charge in [-0.1, -0.05) is 18.5 Å². The molecule has 1 aromatic heterocycles. The highest BCUT2D eigenvalue weighted by Gasteiger charge is 2.34. The van der Waals surface area contributed by atoms with Gasteiger partial charge in [-0.2, -0.15) is 10.1 Å². The van der Waals surface area contributed by atoms with Crippen LogP contribution >= 0.6 is 11.6 Å². The van der Waals surface area contributed by atoms with Gasteiger partial charge in [0.2, 0.25) is 11.9 Å². The van der Waals surface area contributed by atoms with Crippen LogP contribution in [0.5, 0.6) is 5.75 Å². The summed E-state index contributed by atoms with van der Waals surface area (Å²) in [6, 6.07) is 4.18. The zero-order valence-corrected chi connectivity index (χ0v) is 13.9. The molecule has 1 aliphatic heterocycles. The van der Waals surface area contributed by atoms with E-state index in [1.807, 2.05) is 6.92 Å². The molecule has 2 aromatic rings. The number of amides is 2. The lowest BCUT2D eigenvalue weighted by molar-refractivity contribution is -0.123. The van der Waals surface area contributed by atoms with Crippen molar-refractivity contribution in [2.45, 2.75) is 25.8 Å². The van der Waals surface area contributed by atoms with E-state index in [2.05, 4.69) is 20.7 Å². The lowest BCUT2D eigenvalue weighted by Gasteiger charge is -2.12. The second kappa shape index (κ2) is 6.48. The van der Waals surface area contributed by atoms with Gasteiger partial charge in [0.15, 0.2) is 5.82 Å². The summed E-state index contributed by atoms with van der Waals surface area (Å²) in [6.07, 6.45) is 0.579. The molecule has 1 aromatic carbocycles. The number of rotatable bonds is 5. The molecule has 24 heavy (non-hydrogen) atoms. The first-order valence-electron chi connectivity index (χ1n) is 7.41. The molecule has 2 heterocycles. The maximum absolute atomic E-state index is 12.3. The van der Waals surface area contributed by atoms with E-state index in [0.29, 0.717) is 34.7 Å². The smallest absolute Gasteiger partial charge is 0.252 e. The first kappa shape index (κ1) is 16.3. The van der Waals surface area contributed by atoms with E-state index in [1.165, 1.54) is 11.8 Å². The fourth-order valence-corrected chi connectivity index (χ4v) is 2.63. The molecule has 0 bridgehead atoms. The van der Waals surface area contributed by atoms with Crippen LogP contribution in [0.15, 0.2) is 18.2 Å². The number of nitrogens with one attached hydrogen (secondary N) is 2. The van der Waals surface area contributed by atoms with Crippen LogP contribution in [0.25, 0.3) is 0 Å². The van der Waals surface area contributed by atoms with Gasteiger partial charge in [0.25, 0.3) is 5.91 Å². The van der Waals surface area contributed by atoms with E-state index in [1.54, 1.807) is 18.2 Å². The molecular weight excluding hydrogens is 334 g/mol. The first-order valence-corrected chi connectivity index (χ1v) is 7.79. The zero-order chi connectivity index (χ0) is 17.3. The summed E-state index contributed by atoms with van der Waals surface area (Å²) in [5.74, 6) is 0.818. The summed E-state index contributed by atoms with van der Waals surface area (Å²) >= 11 is 5.94. The summed E-state index contributed by atoms with van der Waals surface area (Å²) in [5.41, 5.74) is 0.446. The molecule has 0 spiro atoms. The summed E-state index contributed by atoms with van der Waals surface area (Å²) < 4.78 is 6.64. The fraction of sp³-hybridized carbons (Fsp3) is 0.333. The van der Waals surface area contributed by atoms with Crippen molar-refractivity contribution in [2.75, 3.05) is 17.7 Å². The van der Waals surface area contributed by atoms with Gasteiger partial charge in [-0.25, -0.2) is 4.68 Å². The molecule has 1 unspecified atom stereocenters. The van der Waals surface area contributed by atoms with E-state index < -0.39 is 6.04 Å².